The van der Waals surface area contributed by atoms with Gasteiger partial charge in [0.1, 0.15) is 22.9 Å². The van der Waals surface area contributed by atoms with Crippen molar-refractivity contribution in [1.29, 1.82) is 0 Å². The Morgan fingerprint density at radius 1 is 1.12 bits per heavy atom. The number of amides is 3. The van der Waals surface area contributed by atoms with Crippen LogP contribution in [0.4, 0.5) is 9.93 Å². The quantitative estimate of drug-likeness (QED) is 0.101. The highest BCUT2D eigenvalue weighted by Crippen LogP contribution is 2.24. The van der Waals surface area contributed by atoms with E-state index in [0.29, 0.717) is 0 Å². The third-order valence-corrected chi connectivity index (χ3v) is 6.48. The molecule has 40 heavy (non-hydrogen) atoms. The van der Waals surface area contributed by atoms with Crippen LogP contribution in [0, 0.1) is 0 Å². The lowest BCUT2D eigenvalue weighted by molar-refractivity contribution is -0.179. The molecule has 1 aliphatic heterocycles. The van der Waals surface area contributed by atoms with E-state index in [0.717, 1.165) is 11.3 Å². The minimum Gasteiger partial charge on any atom is -0.457 e. The fraction of sp³-hybridized carbons (Fsp3) is 0.636. The van der Waals surface area contributed by atoms with E-state index in [-0.39, 0.29) is 15.1 Å². The molecule has 2 rings (SSSR count). The number of aromatic nitrogens is 1. The molecular weight excluding hydrogens is 572 g/mol. The van der Waals surface area contributed by atoms with Crippen molar-refractivity contribution in [3.63, 3.8) is 0 Å². The maximum Gasteiger partial charge on any atom is 0.413 e. The number of ether oxygens (including phenoxy) is 2. The summed E-state index contributed by atoms with van der Waals surface area (Å²) in [6.07, 6.45) is -0.810. The average molecular weight is 607 g/mol. The molecule has 224 valence electrons. The van der Waals surface area contributed by atoms with Gasteiger partial charge in [-0.05, 0) is 55.4 Å². The molecule has 0 saturated carbocycles. The molecule has 0 radical (unpaired) electrons. The molecule has 2 unspecified atom stereocenters. The van der Waals surface area contributed by atoms with Crippen molar-refractivity contribution in [2.75, 3.05) is 11.9 Å². The molecule has 1 aliphatic rings. The fourth-order valence-electron chi connectivity index (χ4n) is 3.04. The number of oxime groups is 1. The first-order chi connectivity index (χ1) is 18.1. The van der Waals surface area contributed by atoms with Crippen LogP contribution >= 0.6 is 11.3 Å². The Kier molecular flexibility index (Phi) is 9.56. The van der Waals surface area contributed by atoms with E-state index in [1.54, 1.807) is 41.5 Å². The van der Waals surface area contributed by atoms with Gasteiger partial charge in [0.05, 0.1) is 6.04 Å². The van der Waals surface area contributed by atoms with Gasteiger partial charge < -0.3 is 25.4 Å². The summed E-state index contributed by atoms with van der Waals surface area (Å²) in [6.45, 7) is 12.2. The second-order valence-electron chi connectivity index (χ2n) is 11.1. The number of carbonyl (C=O) groups is 4. The minimum atomic E-state index is -4.91. The molecule has 0 aromatic carbocycles. The molecule has 1 aromatic rings. The monoisotopic (exact) mass is 606 g/mol. The summed E-state index contributed by atoms with van der Waals surface area (Å²) in [5, 5.41) is 9.86. The zero-order chi connectivity index (χ0) is 30.8. The standard InChI is InChI=1S/C22H34N6O10S2/c1-20(2,3)36-17(31)22(7,8)38-27-13(11-10-39-18(24-11)26-19(32)37-21(4,5)6)15(29)25-14-12(9-23)28(16(14)30)40(33,34)35/h10,12,14H,9,23H2,1-8H3,(H,25,29)(H,24,26,32)(H,33,34,35)/b27-13-. The second kappa shape index (κ2) is 11.6. The predicted molar refractivity (Wildman–Crippen MR) is 143 cm³/mol. The normalized spacial score (nSPS) is 18.5. The molecule has 18 heteroatoms. The lowest BCUT2D eigenvalue weighted by Crippen LogP contribution is -2.74. The summed E-state index contributed by atoms with van der Waals surface area (Å²) in [4.78, 5) is 59.8. The number of thiazole rings is 1. The predicted octanol–water partition coefficient (Wildman–Crippen LogP) is 0.788. The van der Waals surface area contributed by atoms with Gasteiger partial charge in [-0.1, -0.05) is 5.16 Å². The van der Waals surface area contributed by atoms with Crippen LogP contribution in [0.25, 0.3) is 0 Å². The number of hydrogen-bond donors (Lipinski definition) is 4. The maximum absolute atomic E-state index is 13.2. The van der Waals surface area contributed by atoms with Gasteiger partial charge in [-0.25, -0.2) is 18.9 Å². The van der Waals surface area contributed by atoms with Crippen molar-refractivity contribution in [2.24, 2.45) is 10.9 Å². The largest absolute Gasteiger partial charge is 0.457 e. The number of carbonyl (C=O) groups excluding carboxylic acids is 4. The first kappa shape index (κ1) is 32.9. The van der Waals surface area contributed by atoms with Crippen molar-refractivity contribution in [3.8, 4) is 0 Å². The lowest BCUT2D eigenvalue weighted by atomic mass is 9.98. The number of hydrogen-bond acceptors (Lipinski definition) is 13. The summed E-state index contributed by atoms with van der Waals surface area (Å²) in [5.41, 5.74) is 1.57. The van der Waals surface area contributed by atoms with Crippen LogP contribution < -0.4 is 16.4 Å². The van der Waals surface area contributed by atoms with Gasteiger partial charge >= 0.3 is 22.4 Å². The van der Waals surface area contributed by atoms with Crippen molar-refractivity contribution in [3.05, 3.63) is 11.1 Å². The van der Waals surface area contributed by atoms with Crippen molar-refractivity contribution in [2.45, 2.75) is 84.3 Å². The molecule has 0 bridgehead atoms. The van der Waals surface area contributed by atoms with Crippen molar-refractivity contribution >= 4 is 56.4 Å². The highest BCUT2D eigenvalue weighted by atomic mass is 32.2. The Hall–Kier alpha value is -3.35. The Bertz CT molecular complexity index is 1290. The average Bonchev–Trinajstić information content (AvgIpc) is 3.19. The van der Waals surface area contributed by atoms with Crippen LogP contribution in [0.1, 0.15) is 61.1 Å². The number of nitrogens with zero attached hydrogens (tertiary/aromatic N) is 3. The minimum absolute atomic E-state index is 0.0215. The molecular formula is C22H34N6O10S2. The number of β-lactam (4-membered cyclic amide) rings is 1. The molecule has 0 spiro atoms. The first-order valence-corrected chi connectivity index (χ1v) is 14.1. The molecule has 5 N–H and O–H groups in total. The molecule has 3 amide bonds. The van der Waals surface area contributed by atoms with E-state index in [9.17, 15) is 32.1 Å². The molecule has 1 fully saturated rings. The number of anilines is 1. The summed E-state index contributed by atoms with van der Waals surface area (Å²) in [5.74, 6) is -2.98. The molecule has 1 saturated heterocycles. The van der Waals surface area contributed by atoms with E-state index in [2.05, 4.69) is 20.8 Å². The van der Waals surface area contributed by atoms with Gasteiger partial charge in [0, 0.05) is 11.9 Å². The zero-order valence-electron chi connectivity index (χ0n) is 23.3. The number of esters is 1. The Morgan fingerprint density at radius 2 is 1.70 bits per heavy atom. The van der Waals surface area contributed by atoms with Crippen LogP contribution in [-0.4, -0.2) is 87.3 Å². The molecule has 1 aromatic heterocycles. The summed E-state index contributed by atoms with van der Waals surface area (Å²) < 4.78 is 42.9. The molecule has 16 nitrogen and oxygen atoms in total. The summed E-state index contributed by atoms with van der Waals surface area (Å²) in [6, 6.07) is -2.70. The van der Waals surface area contributed by atoms with Crippen molar-refractivity contribution in [1.82, 2.24) is 14.6 Å². The SMILES string of the molecule is CC(C)(C)OC(=O)Nc1nc(/C(=N/OC(C)(C)C(=O)OC(C)(C)C)C(=O)NC2C(=O)N(S(=O)(=O)O)C2CN)cs1. The lowest BCUT2D eigenvalue weighted by Gasteiger charge is -2.43. The van der Waals surface area contributed by atoms with Gasteiger partial charge in [-0.2, -0.15) is 8.42 Å². The fourth-order valence-corrected chi connectivity index (χ4v) is 4.61. The maximum atomic E-state index is 13.2. The van der Waals surface area contributed by atoms with Gasteiger partial charge in [0.15, 0.2) is 10.8 Å². The summed E-state index contributed by atoms with van der Waals surface area (Å²) >= 11 is 0.907. The van der Waals surface area contributed by atoms with Gasteiger partial charge in [0.25, 0.3) is 11.8 Å². The van der Waals surface area contributed by atoms with E-state index in [1.807, 2.05) is 0 Å². The van der Waals surface area contributed by atoms with Crippen LogP contribution in [0.3, 0.4) is 0 Å². The Balaban J connectivity index is 2.37. The third kappa shape index (κ3) is 8.57. The third-order valence-electron chi connectivity index (χ3n) is 4.77. The van der Waals surface area contributed by atoms with E-state index in [4.69, 9.17) is 20.0 Å². The molecule has 0 aliphatic carbocycles. The van der Waals surface area contributed by atoms with Gasteiger partial charge in [-0.3, -0.25) is 19.5 Å². The topological polar surface area (TPSA) is 229 Å². The number of nitrogens with one attached hydrogen (secondary N) is 2. The van der Waals surface area contributed by atoms with Gasteiger partial charge in [0.2, 0.25) is 5.60 Å². The van der Waals surface area contributed by atoms with Crippen LogP contribution in [-0.2, 0) is 39.0 Å². The Morgan fingerprint density at radius 3 is 2.20 bits per heavy atom. The number of rotatable bonds is 9. The highest BCUT2D eigenvalue weighted by molar-refractivity contribution is 7.84. The van der Waals surface area contributed by atoms with Crippen molar-refractivity contribution < 1.29 is 46.5 Å². The molecule has 2 atom stereocenters. The zero-order valence-corrected chi connectivity index (χ0v) is 24.9. The molecule has 2 heterocycles. The van der Waals surface area contributed by atoms with Crippen LogP contribution in [0.15, 0.2) is 10.5 Å². The van der Waals surface area contributed by atoms with E-state index in [1.165, 1.54) is 19.2 Å². The van der Waals surface area contributed by atoms with Crippen LogP contribution in [0.2, 0.25) is 0 Å². The summed E-state index contributed by atoms with van der Waals surface area (Å²) in [7, 11) is -4.91. The van der Waals surface area contributed by atoms with Crippen LogP contribution in [0.5, 0.6) is 0 Å². The smallest absolute Gasteiger partial charge is 0.413 e. The van der Waals surface area contributed by atoms with E-state index >= 15 is 0 Å². The highest BCUT2D eigenvalue weighted by Gasteiger charge is 2.53. The first-order valence-electron chi connectivity index (χ1n) is 11.8. The Labute approximate surface area is 235 Å². The van der Waals surface area contributed by atoms with E-state index < -0.39 is 75.3 Å². The second-order valence-corrected chi connectivity index (χ2v) is 13.2. The number of nitrogens with two attached hydrogens (primary N) is 1. The van der Waals surface area contributed by atoms with Gasteiger partial charge in [-0.15, -0.1) is 11.3 Å².